The van der Waals surface area contributed by atoms with Gasteiger partial charge in [-0.1, -0.05) is 98.1 Å². The van der Waals surface area contributed by atoms with Crippen LogP contribution in [0.15, 0.2) is 122 Å². The molecule has 5 rings (SSSR count). The highest BCUT2D eigenvalue weighted by molar-refractivity contribution is 5.88. The van der Waals surface area contributed by atoms with E-state index in [1.54, 1.807) is 0 Å². The van der Waals surface area contributed by atoms with Crippen molar-refractivity contribution in [1.29, 1.82) is 0 Å². The summed E-state index contributed by atoms with van der Waals surface area (Å²) in [5.74, 6) is 0. The summed E-state index contributed by atoms with van der Waals surface area (Å²) in [6, 6.07) is 38.5. The van der Waals surface area contributed by atoms with E-state index in [1.807, 2.05) is 12.2 Å². The molecular formula is C32H25N. The van der Waals surface area contributed by atoms with E-state index in [2.05, 4.69) is 128 Å². The zero-order chi connectivity index (χ0) is 22.6. The number of nitrogens with one attached hydrogen (secondary N) is 1. The predicted octanol–water partition coefficient (Wildman–Crippen LogP) is 9.20. The average molecular weight is 424 g/mol. The third-order valence-electron chi connectivity index (χ3n) is 5.96. The van der Waals surface area contributed by atoms with Crippen LogP contribution in [0.25, 0.3) is 45.2 Å². The highest BCUT2D eigenvalue weighted by atomic mass is 14.9. The summed E-state index contributed by atoms with van der Waals surface area (Å²) in [6.07, 6.45) is 3.74. The summed E-state index contributed by atoms with van der Waals surface area (Å²) in [6.45, 7) is 7.83. The van der Waals surface area contributed by atoms with E-state index in [1.165, 1.54) is 21.9 Å². The first-order chi connectivity index (χ1) is 16.2. The molecule has 0 atom stereocenters. The normalized spacial score (nSPS) is 10.7. The van der Waals surface area contributed by atoms with Crippen LogP contribution >= 0.6 is 0 Å². The van der Waals surface area contributed by atoms with Crippen LogP contribution in [0.2, 0.25) is 0 Å². The van der Waals surface area contributed by atoms with E-state index in [4.69, 9.17) is 0 Å². The van der Waals surface area contributed by atoms with Gasteiger partial charge in [-0.3, -0.25) is 0 Å². The first kappa shape index (κ1) is 20.5. The van der Waals surface area contributed by atoms with Gasteiger partial charge in [-0.25, -0.2) is 0 Å². The second-order valence-corrected chi connectivity index (χ2v) is 8.10. The molecule has 0 heterocycles. The fourth-order valence-electron chi connectivity index (χ4n) is 4.21. The van der Waals surface area contributed by atoms with Crippen molar-refractivity contribution in [2.75, 3.05) is 5.32 Å². The lowest BCUT2D eigenvalue weighted by atomic mass is 9.98. The van der Waals surface area contributed by atoms with Crippen LogP contribution in [0.3, 0.4) is 0 Å². The van der Waals surface area contributed by atoms with Gasteiger partial charge in [-0.2, -0.15) is 0 Å². The van der Waals surface area contributed by atoms with E-state index >= 15 is 0 Å². The maximum Gasteiger partial charge on any atom is 0.0390 e. The van der Waals surface area contributed by atoms with Crippen molar-refractivity contribution in [2.24, 2.45) is 0 Å². The van der Waals surface area contributed by atoms with Gasteiger partial charge in [-0.15, -0.1) is 0 Å². The maximum atomic E-state index is 3.94. The van der Waals surface area contributed by atoms with Gasteiger partial charge in [0.2, 0.25) is 0 Å². The molecule has 0 aromatic heterocycles. The molecule has 1 nitrogen and oxygen atoms in total. The van der Waals surface area contributed by atoms with Gasteiger partial charge in [0.25, 0.3) is 0 Å². The Morgan fingerprint density at radius 2 is 1.03 bits per heavy atom. The molecule has 0 saturated carbocycles. The lowest BCUT2D eigenvalue weighted by molar-refractivity contribution is 1.53. The van der Waals surface area contributed by atoms with Crippen LogP contribution in [-0.4, -0.2) is 0 Å². The minimum Gasteiger partial charge on any atom is -0.355 e. The molecule has 1 heteroatoms. The molecule has 0 fully saturated rings. The maximum absolute atomic E-state index is 3.94. The van der Waals surface area contributed by atoms with E-state index in [-0.39, 0.29) is 0 Å². The van der Waals surface area contributed by atoms with E-state index in [9.17, 15) is 0 Å². The standard InChI is InChI=1S/C32H25N/c1-3-23-15-17-29(19-24(23)4-2)27-11-7-13-31(21-27)33-32-14-8-12-28(22-32)30-18-16-25-9-5-6-10-26(25)20-30/h3-22,33H,1-2H2. The molecule has 0 unspecified atom stereocenters. The van der Waals surface area contributed by atoms with Crippen molar-refractivity contribution in [3.63, 3.8) is 0 Å². The third-order valence-corrected chi connectivity index (χ3v) is 5.96. The average Bonchev–Trinajstić information content (AvgIpc) is 2.88. The summed E-state index contributed by atoms with van der Waals surface area (Å²) in [5, 5.41) is 6.09. The Balaban J connectivity index is 1.43. The Kier molecular flexibility index (Phi) is 5.61. The zero-order valence-corrected chi connectivity index (χ0v) is 18.5. The minimum atomic E-state index is 1.05. The Hall–Kier alpha value is -4.36. The number of fused-ring (bicyclic) bond motifs is 1. The quantitative estimate of drug-likeness (QED) is 0.287. The topological polar surface area (TPSA) is 12.0 Å². The van der Waals surface area contributed by atoms with Crippen LogP contribution in [0, 0.1) is 0 Å². The van der Waals surface area contributed by atoms with Crippen molar-refractivity contribution in [3.05, 3.63) is 133 Å². The fraction of sp³-hybridized carbons (Fsp3) is 0. The summed E-state index contributed by atoms with van der Waals surface area (Å²) in [7, 11) is 0. The first-order valence-corrected chi connectivity index (χ1v) is 11.1. The smallest absolute Gasteiger partial charge is 0.0390 e. The SMILES string of the molecule is C=Cc1ccc(-c2cccc(Nc3cccc(-c4ccc5ccccc5c4)c3)c2)cc1C=C. The van der Waals surface area contributed by atoms with Crippen LogP contribution in [-0.2, 0) is 0 Å². The molecule has 0 saturated heterocycles. The van der Waals surface area contributed by atoms with E-state index in [0.29, 0.717) is 0 Å². The third kappa shape index (κ3) is 4.35. The summed E-state index contributed by atoms with van der Waals surface area (Å²) >= 11 is 0. The van der Waals surface area contributed by atoms with Crippen molar-refractivity contribution >= 4 is 34.3 Å². The van der Waals surface area contributed by atoms with E-state index < -0.39 is 0 Å². The van der Waals surface area contributed by atoms with Crippen LogP contribution in [0.4, 0.5) is 11.4 Å². The molecular weight excluding hydrogens is 398 g/mol. The van der Waals surface area contributed by atoms with Gasteiger partial charge in [0.1, 0.15) is 0 Å². The van der Waals surface area contributed by atoms with Crippen molar-refractivity contribution in [1.82, 2.24) is 0 Å². The van der Waals surface area contributed by atoms with Crippen molar-refractivity contribution < 1.29 is 0 Å². The predicted molar refractivity (Wildman–Crippen MR) is 145 cm³/mol. The largest absolute Gasteiger partial charge is 0.355 e. The number of benzene rings is 5. The molecule has 0 aliphatic carbocycles. The Morgan fingerprint density at radius 3 is 1.70 bits per heavy atom. The Labute approximate surface area is 195 Å². The molecule has 0 amide bonds. The number of hydrogen-bond donors (Lipinski definition) is 1. The number of rotatable bonds is 6. The molecule has 5 aromatic rings. The molecule has 0 radical (unpaired) electrons. The number of hydrogen-bond acceptors (Lipinski definition) is 1. The Morgan fingerprint density at radius 1 is 0.455 bits per heavy atom. The van der Waals surface area contributed by atoms with Gasteiger partial charge in [0.15, 0.2) is 0 Å². The van der Waals surface area contributed by atoms with Gasteiger partial charge in [-0.05, 0) is 80.6 Å². The molecule has 0 aliphatic rings. The summed E-state index contributed by atoms with van der Waals surface area (Å²) in [5.41, 5.74) is 9.01. The van der Waals surface area contributed by atoms with Crippen molar-refractivity contribution in [3.8, 4) is 22.3 Å². The zero-order valence-electron chi connectivity index (χ0n) is 18.5. The number of anilines is 2. The second-order valence-electron chi connectivity index (χ2n) is 8.10. The van der Waals surface area contributed by atoms with Gasteiger partial charge in [0.05, 0.1) is 0 Å². The summed E-state index contributed by atoms with van der Waals surface area (Å²) in [4.78, 5) is 0. The first-order valence-electron chi connectivity index (χ1n) is 11.1. The lowest BCUT2D eigenvalue weighted by Crippen LogP contribution is -1.92. The second kappa shape index (κ2) is 9.02. The fourth-order valence-corrected chi connectivity index (χ4v) is 4.21. The van der Waals surface area contributed by atoms with Gasteiger partial charge >= 0.3 is 0 Å². The van der Waals surface area contributed by atoms with Crippen LogP contribution in [0.1, 0.15) is 11.1 Å². The Bertz CT molecular complexity index is 1480. The monoisotopic (exact) mass is 423 g/mol. The molecule has 158 valence electrons. The molecule has 33 heavy (non-hydrogen) atoms. The molecule has 0 spiro atoms. The van der Waals surface area contributed by atoms with Gasteiger partial charge in [0, 0.05) is 11.4 Å². The molecule has 0 bridgehead atoms. The molecule has 0 aliphatic heterocycles. The van der Waals surface area contributed by atoms with Crippen LogP contribution < -0.4 is 5.32 Å². The highest BCUT2D eigenvalue weighted by Gasteiger charge is 2.05. The molecule has 5 aromatic carbocycles. The van der Waals surface area contributed by atoms with Crippen molar-refractivity contribution in [2.45, 2.75) is 0 Å². The summed E-state index contributed by atoms with van der Waals surface area (Å²) < 4.78 is 0. The van der Waals surface area contributed by atoms with E-state index in [0.717, 1.165) is 33.6 Å². The van der Waals surface area contributed by atoms with Gasteiger partial charge < -0.3 is 5.32 Å². The lowest BCUT2D eigenvalue weighted by Gasteiger charge is -2.12. The van der Waals surface area contributed by atoms with Crippen LogP contribution in [0.5, 0.6) is 0 Å². The molecule has 1 N–H and O–H groups in total. The highest BCUT2D eigenvalue weighted by Crippen LogP contribution is 2.30. The minimum absolute atomic E-state index is 1.05.